The van der Waals surface area contributed by atoms with E-state index in [0.717, 1.165) is 12.0 Å². The summed E-state index contributed by atoms with van der Waals surface area (Å²) < 4.78 is 18.1. The number of ether oxygens (including phenoxy) is 1. The fourth-order valence-electron chi connectivity index (χ4n) is 1.45. The molecule has 0 heterocycles. The normalized spacial score (nSPS) is 12.8. The van der Waals surface area contributed by atoms with Gasteiger partial charge in [0.15, 0.2) is 0 Å². The fourth-order valence-corrected chi connectivity index (χ4v) is 1.65. The molecule has 0 amide bonds. The van der Waals surface area contributed by atoms with Gasteiger partial charge in [-0.15, -0.1) is 0 Å². The molecular weight excluding hydrogens is 229 g/mol. The van der Waals surface area contributed by atoms with Gasteiger partial charge in [-0.05, 0) is 37.5 Å². The zero-order valence-corrected chi connectivity index (χ0v) is 10.1. The van der Waals surface area contributed by atoms with Gasteiger partial charge in [0.25, 0.3) is 0 Å². The van der Waals surface area contributed by atoms with Gasteiger partial charge in [0.05, 0.1) is 5.02 Å². The summed E-state index contributed by atoms with van der Waals surface area (Å²) in [7, 11) is 0. The molecule has 1 aromatic carbocycles. The van der Waals surface area contributed by atoms with Crippen molar-refractivity contribution in [2.45, 2.75) is 25.8 Å². The molecule has 0 saturated heterocycles. The minimum atomic E-state index is -0.395. The average Bonchev–Trinajstić information content (AvgIpc) is 2.24. The molecule has 0 aliphatic rings. The summed E-state index contributed by atoms with van der Waals surface area (Å²) in [5, 5.41) is 0.148. The highest BCUT2D eigenvalue weighted by molar-refractivity contribution is 6.30. The highest BCUT2D eigenvalue weighted by Crippen LogP contribution is 2.17. The standard InChI is InChI=1S/C12H17ClFNO/c1-2-16-6-5-10(15)7-9-3-4-12(14)11(13)8-9/h3-4,8,10H,2,5-7,15H2,1H3. The molecular formula is C12H17ClFNO. The Labute approximate surface area is 101 Å². The molecule has 0 aromatic heterocycles. The van der Waals surface area contributed by atoms with E-state index in [-0.39, 0.29) is 11.1 Å². The van der Waals surface area contributed by atoms with Crippen molar-refractivity contribution in [1.29, 1.82) is 0 Å². The molecule has 4 heteroatoms. The van der Waals surface area contributed by atoms with Crippen LogP contribution in [0.25, 0.3) is 0 Å². The zero-order chi connectivity index (χ0) is 12.0. The lowest BCUT2D eigenvalue weighted by atomic mass is 10.0. The third-order valence-corrected chi connectivity index (χ3v) is 2.61. The van der Waals surface area contributed by atoms with Gasteiger partial charge in [-0.3, -0.25) is 0 Å². The first-order valence-electron chi connectivity index (χ1n) is 5.40. The van der Waals surface area contributed by atoms with Gasteiger partial charge in [0.1, 0.15) is 5.82 Å². The van der Waals surface area contributed by atoms with E-state index < -0.39 is 5.82 Å². The van der Waals surface area contributed by atoms with Crippen LogP contribution in [0.3, 0.4) is 0 Å². The van der Waals surface area contributed by atoms with E-state index in [1.807, 2.05) is 6.92 Å². The smallest absolute Gasteiger partial charge is 0.141 e. The predicted octanol–water partition coefficient (Wildman–Crippen LogP) is 2.78. The predicted molar refractivity (Wildman–Crippen MR) is 64.2 cm³/mol. The Hall–Kier alpha value is -0.640. The average molecular weight is 246 g/mol. The van der Waals surface area contributed by atoms with Crippen LogP contribution >= 0.6 is 11.6 Å². The number of benzene rings is 1. The number of hydrogen-bond acceptors (Lipinski definition) is 2. The first-order chi connectivity index (χ1) is 7.63. The van der Waals surface area contributed by atoms with Crippen LogP contribution in [0.15, 0.2) is 18.2 Å². The molecule has 90 valence electrons. The van der Waals surface area contributed by atoms with Gasteiger partial charge in [0, 0.05) is 19.3 Å². The van der Waals surface area contributed by atoms with Gasteiger partial charge in [-0.1, -0.05) is 17.7 Å². The Morgan fingerprint density at radius 2 is 2.25 bits per heavy atom. The summed E-state index contributed by atoms with van der Waals surface area (Å²) in [5.41, 5.74) is 6.87. The molecule has 0 bridgehead atoms. The van der Waals surface area contributed by atoms with Crippen molar-refractivity contribution in [2.75, 3.05) is 13.2 Å². The second-order valence-corrected chi connectivity index (χ2v) is 4.11. The van der Waals surface area contributed by atoms with Crippen LogP contribution in [-0.4, -0.2) is 19.3 Å². The van der Waals surface area contributed by atoms with E-state index in [1.54, 1.807) is 12.1 Å². The van der Waals surface area contributed by atoms with Gasteiger partial charge in [0.2, 0.25) is 0 Å². The Bertz CT molecular complexity index is 333. The highest BCUT2D eigenvalue weighted by Gasteiger charge is 2.06. The number of nitrogens with two attached hydrogens (primary N) is 1. The maximum Gasteiger partial charge on any atom is 0.141 e. The SMILES string of the molecule is CCOCCC(N)Cc1ccc(F)c(Cl)c1. The van der Waals surface area contributed by atoms with Crippen LogP contribution in [-0.2, 0) is 11.2 Å². The molecule has 0 radical (unpaired) electrons. The molecule has 1 rings (SSSR count). The van der Waals surface area contributed by atoms with Crippen LogP contribution < -0.4 is 5.73 Å². The van der Waals surface area contributed by atoms with E-state index in [1.165, 1.54) is 6.07 Å². The van der Waals surface area contributed by atoms with Crippen LogP contribution in [0.5, 0.6) is 0 Å². The van der Waals surface area contributed by atoms with Crippen molar-refractivity contribution in [3.63, 3.8) is 0 Å². The summed E-state index contributed by atoms with van der Waals surface area (Å²) >= 11 is 5.68. The quantitative estimate of drug-likeness (QED) is 0.783. The lowest BCUT2D eigenvalue weighted by molar-refractivity contribution is 0.140. The van der Waals surface area contributed by atoms with Crippen LogP contribution in [0.4, 0.5) is 4.39 Å². The second-order valence-electron chi connectivity index (χ2n) is 3.70. The lowest BCUT2D eigenvalue weighted by Crippen LogP contribution is -2.24. The molecule has 2 nitrogen and oxygen atoms in total. The Morgan fingerprint density at radius 1 is 1.50 bits per heavy atom. The van der Waals surface area contributed by atoms with Crippen molar-refractivity contribution in [2.24, 2.45) is 5.73 Å². The minimum Gasteiger partial charge on any atom is -0.382 e. The molecule has 1 atom stereocenters. The maximum absolute atomic E-state index is 12.9. The third kappa shape index (κ3) is 4.47. The maximum atomic E-state index is 12.9. The van der Waals surface area contributed by atoms with Crippen molar-refractivity contribution < 1.29 is 9.13 Å². The molecule has 1 unspecified atom stereocenters. The highest BCUT2D eigenvalue weighted by atomic mass is 35.5. The van der Waals surface area contributed by atoms with Gasteiger partial charge in [-0.2, -0.15) is 0 Å². The monoisotopic (exact) mass is 245 g/mol. The molecule has 0 aliphatic heterocycles. The number of hydrogen-bond donors (Lipinski definition) is 1. The van der Waals surface area contributed by atoms with Gasteiger partial charge < -0.3 is 10.5 Å². The minimum absolute atomic E-state index is 0.0214. The molecule has 0 aliphatic carbocycles. The zero-order valence-electron chi connectivity index (χ0n) is 9.38. The Balaban J connectivity index is 2.43. The Kier molecular flexibility index (Phi) is 5.74. The molecule has 16 heavy (non-hydrogen) atoms. The van der Waals surface area contributed by atoms with E-state index in [4.69, 9.17) is 22.1 Å². The van der Waals surface area contributed by atoms with E-state index in [0.29, 0.717) is 19.6 Å². The van der Waals surface area contributed by atoms with Gasteiger partial charge in [-0.25, -0.2) is 4.39 Å². The summed E-state index contributed by atoms with van der Waals surface area (Å²) in [5.74, 6) is -0.395. The Morgan fingerprint density at radius 3 is 2.88 bits per heavy atom. The van der Waals surface area contributed by atoms with Gasteiger partial charge >= 0.3 is 0 Å². The van der Waals surface area contributed by atoms with E-state index >= 15 is 0 Å². The molecule has 0 spiro atoms. The van der Waals surface area contributed by atoms with Crippen LogP contribution in [0.1, 0.15) is 18.9 Å². The van der Waals surface area contributed by atoms with Crippen molar-refractivity contribution in [3.8, 4) is 0 Å². The van der Waals surface area contributed by atoms with Crippen molar-refractivity contribution in [1.82, 2.24) is 0 Å². The molecule has 0 saturated carbocycles. The van der Waals surface area contributed by atoms with Crippen molar-refractivity contribution >= 4 is 11.6 Å². The van der Waals surface area contributed by atoms with E-state index in [2.05, 4.69) is 0 Å². The summed E-state index contributed by atoms with van der Waals surface area (Å²) in [4.78, 5) is 0. The second kappa shape index (κ2) is 6.84. The summed E-state index contributed by atoms with van der Waals surface area (Å²) in [6.45, 7) is 3.31. The molecule has 2 N–H and O–H groups in total. The molecule has 1 aromatic rings. The third-order valence-electron chi connectivity index (χ3n) is 2.32. The van der Waals surface area contributed by atoms with E-state index in [9.17, 15) is 4.39 Å². The number of rotatable bonds is 6. The summed E-state index contributed by atoms with van der Waals surface area (Å²) in [6, 6.07) is 4.72. The topological polar surface area (TPSA) is 35.2 Å². The fraction of sp³-hybridized carbons (Fsp3) is 0.500. The largest absolute Gasteiger partial charge is 0.382 e. The van der Waals surface area contributed by atoms with Crippen molar-refractivity contribution in [3.05, 3.63) is 34.6 Å². The lowest BCUT2D eigenvalue weighted by Gasteiger charge is -2.11. The number of halogens is 2. The first kappa shape index (κ1) is 13.4. The molecule has 0 fully saturated rings. The first-order valence-corrected chi connectivity index (χ1v) is 5.78. The summed E-state index contributed by atoms with van der Waals surface area (Å²) in [6.07, 6.45) is 1.48. The van der Waals surface area contributed by atoms with Crippen LogP contribution in [0, 0.1) is 5.82 Å². The van der Waals surface area contributed by atoms with Crippen LogP contribution in [0.2, 0.25) is 5.02 Å².